The van der Waals surface area contributed by atoms with Crippen LogP contribution in [-0.2, 0) is 0 Å². The topological polar surface area (TPSA) is 54.4 Å². The Morgan fingerprint density at radius 2 is 1.70 bits per heavy atom. The number of ether oxygens (including phenoxy) is 1. The lowest BCUT2D eigenvalue weighted by Crippen LogP contribution is -2.47. The molecule has 140 valence electrons. The Bertz CT molecular complexity index is 960. The van der Waals surface area contributed by atoms with Gasteiger partial charge in [-0.25, -0.2) is 23.7 Å². The fourth-order valence-corrected chi connectivity index (χ4v) is 3.33. The van der Waals surface area contributed by atoms with Gasteiger partial charge in [0.1, 0.15) is 17.7 Å². The molecule has 0 bridgehead atoms. The summed E-state index contributed by atoms with van der Waals surface area (Å²) in [6, 6.07) is 6.41. The number of anilines is 2. The number of hydrogen-bond donors (Lipinski definition) is 0. The van der Waals surface area contributed by atoms with Crippen LogP contribution in [0.5, 0.6) is 5.75 Å². The highest BCUT2D eigenvalue weighted by Gasteiger charge is 2.23. The zero-order valence-corrected chi connectivity index (χ0v) is 14.9. The molecule has 1 aliphatic rings. The van der Waals surface area contributed by atoms with Crippen LogP contribution in [0.4, 0.5) is 20.4 Å². The van der Waals surface area contributed by atoms with E-state index in [1.165, 1.54) is 12.4 Å². The van der Waals surface area contributed by atoms with Crippen molar-refractivity contribution in [3.05, 3.63) is 48.4 Å². The smallest absolute Gasteiger partial charge is 0.185 e. The van der Waals surface area contributed by atoms with Crippen LogP contribution in [0.3, 0.4) is 0 Å². The molecule has 0 unspecified atom stereocenters. The molecular formula is C19H19F2N5O. The van der Waals surface area contributed by atoms with E-state index < -0.39 is 11.6 Å². The molecule has 4 rings (SSSR count). The second-order valence-corrected chi connectivity index (χ2v) is 6.19. The maximum atomic E-state index is 14.0. The normalized spacial score (nSPS) is 14.6. The standard InChI is InChI=1S/C19H19F2N5O/c1-2-27-15-4-3-7-22-19(15)26-10-8-25(9-11-26)18-13-5-6-14(20)16(21)17(13)23-12-24-18/h3-7,12H,2,8-11H2,1H3. The van der Waals surface area contributed by atoms with Crippen molar-refractivity contribution >= 4 is 22.5 Å². The lowest BCUT2D eigenvalue weighted by atomic mass is 10.2. The van der Waals surface area contributed by atoms with Gasteiger partial charge in [-0.05, 0) is 31.2 Å². The second-order valence-electron chi connectivity index (χ2n) is 6.19. The Balaban J connectivity index is 1.57. The molecule has 1 aliphatic heterocycles. The number of benzene rings is 1. The number of halogens is 2. The highest BCUT2D eigenvalue weighted by Crippen LogP contribution is 2.29. The van der Waals surface area contributed by atoms with Crippen molar-refractivity contribution < 1.29 is 13.5 Å². The predicted molar refractivity (Wildman–Crippen MR) is 99.3 cm³/mol. The molecule has 0 saturated carbocycles. The van der Waals surface area contributed by atoms with Crippen LogP contribution in [-0.4, -0.2) is 47.7 Å². The first kappa shape index (κ1) is 17.4. The average Bonchev–Trinajstić information content (AvgIpc) is 2.71. The van der Waals surface area contributed by atoms with Crippen molar-refractivity contribution in [1.29, 1.82) is 0 Å². The molecule has 6 nitrogen and oxygen atoms in total. The molecule has 1 aromatic carbocycles. The summed E-state index contributed by atoms with van der Waals surface area (Å²) in [7, 11) is 0. The minimum Gasteiger partial charge on any atom is -0.490 e. The molecule has 0 spiro atoms. The number of hydrogen-bond acceptors (Lipinski definition) is 6. The summed E-state index contributed by atoms with van der Waals surface area (Å²) in [5.41, 5.74) is 0.00536. The minimum atomic E-state index is -0.940. The van der Waals surface area contributed by atoms with Crippen LogP contribution >= 0.6 is 0 Å². The van der Waals surface area contributed by atoms with Gasteiger partial charge in [0.25, 0.3) is 0 Å². The fourth-order valence-electron chi connectivity index (χ4n) is 3.33. The van der Waals surface area contributed by atoms with Gasteiger partial charge in [0.2, 0.25) is 0 Å². The zero-order chi connectivity index (χ0) is 18.8. The van der Waals surface area contributed by atoms with Gasteiger partial charge in [-0.15, -0.1) is 0 Å². The highest BCUT2D eigenvalue weighted by atomic mass is 19.2. The van der Waals surface area contributed by atoms with Crippen molar-refractivity contribution in [2.24, 2.45) is 0 Å². The van der Waals surface area contributed by atoms with Gasteiger partial charge in [0.05, 0.1) is 6.61 Å². The molecule has 0 N–H and O–H groups in total. The molecule has 27 heavy (non-hydrogen) atoms. The third-order valence-electron chi connectivity index (χ3n) is 4.61. The second kappa shape index (κ2) is 7.30. The summed E-state index contributed by atoms with van der Waals surface area (Å²) in [5, 5.41) is 0.512. The number of fused-ring (bicyclic) bond motifs is 1. The van der Waals surface area contributed by atoms with E-state index in [0.717, 1.165) is 17.6 Å². The van der Waals surface area contributed by atoms with Gasteiger partial charge in [-0.3, -0.25) is 0 Å². The van der Waals surface area contributed by atoms with Crippen LogP contribution in [0.15, 0.2) is 36.8 Å². The third-order valence-corrected chi connectivity index (χ3v) is 4.61. The largest absolute Gasteiger partial charge is 0.490 e. The van der Waals surface area contributed by atoms with E-state index in [0.29, 0.717) is 44.0 Å². The number of pyridine rings is 1. The number of aromatic nitrogens is 3. The number of nitrogens with zero attached hydrogens (tertiary/aromatic N) is 5. The van der Waals surface area contributed by atoms with Crippen LogP contribution in [0.25, 0.3) is 10.9 Å². The molecule has 1 fully saturated rings. The summed E-state index contributed by atoms with van der Waals surface area (Å²) in [5.74, 6) is 0.350. The highest BCUT2D eigenvalue weighted by molar-refractivity contribution is 5.89. The molecule has 8 heteroatoms. The van der Waals surface area contributed by atoms with E-state index in [1.54, 1.807) is 6.20 Å². The molecule has 0 atom stereocenters. The van der Waals surface area contributed by atoms with Crippen molar-refractivity contribution in [3.63, 3.8) is 0 Å². The van der Waals surface area contributed by atoms with Crippen LogP contribution < -0.4 is 14.5 Å². The predicted octanol–water partition coefficient (Wildman–Crippen LogP) is 3.03. The van der Waals surface area contributed by atoms with Gasteiger partial charge >= 0.3 is 0 Å². The lowest BCUT2D eigenvalue weighted by Gasteiger charge is -2.36. The lowest BCUT2D eigenvalue weighted by molar-refractivity contribution is 0.338. The van der Waals surface area contributed by atoms with Crippen molar-refractivity contribution in [2.45, 2.75) is 6.92 Å². The van der Waals surface area contributed by atoms with Gasteiger partial charge in [0.15, 0.2) is 23.2 Å². The Hall–Kier alpha value is -3.03. The van der Waals surface area contributed by atoms with Gasteiger partial charge in [-0.2, -0.15) is 0 Å². The first-order valence-electron chi connectivity index (χ1n) is 8.85. The molecule has 3 aromatic rings. The van der Waals surface area contributed by atoms with Crippen LogP contribution in [0, 0.1) is 11.6 Å². The van der Waals surface area contributed by atoms with Crippen molar-refractivity contribution in [1.82, 2.24) is 15.0 Å². The summed E-state index contributed by atoms with van der Waals surface area (Å²) in [4.78, 5) is 16.9. The zero-order valence-electron chi connectivity index (χ0n) is 14.9. The summed E-state index contributed by atoms with van der Waals surface area (Å²) in [6.45, 7) is 5.30. The minimum absolute atomic E-state index is 0.00536. The number of rotatable bonds is 4. The summed E-state index contributed by atoms with van der Waals surface area (Å²) in [6.07, 6.45) is 3.03. The Morgan fingerprint density at radius 3 is 2.44 bits per heavy atom. The van der Waals surface area contributed by atoms with E-state index in [4.69, 9.17) is 4.74 Å². The third kappa shape index (κ3) is 3.22. The Morgan fingerprint density at radius 1 is 0.963 bits per heavy atom. The first-order valence-corrected chi connectivity index (χ1v) is 8.85. The Labute approximate surface area is 155 Å². The average molecular weight is 371 g/mol. The molecule has 1 saturated heterocycles. The summed E-state index contributed by atoms with van der Waals surface area (Å²) >= 11 is 0. The van der Waals surface area contributed by atoms with Crippen LogP contribution in [0.2, 0.25) is 0 Å². The monoisotopic (exact) mass is 371 g/mol. The maximum absolute atomic E-state index is 14.0. The maximum Gasteiger partial charge on any atom is 0.185 e. The first-order chi connectivity index (χ1) is 13.2. The van der Waals surface area contributed by atoms with E-state index in [1.807, 2.05) is 19.1 Å². The molecule has 2 aromatic heterocycles. The van der Waals surface area contributed by atoms with Gasteiger partial charge in [0, 0.05) is 37.8 Å². The molecule has 0 amide bonds. The summed E-state index contributed by atoms with van der Waals surface area (Å²) < 4.78 is 33.2. The molecule has 0 radical (unpaired) electrons. The Kier molecular flexibility index (Phi) is 4.70. The van der Waals surface area contributed by atoms with E-state index >= 15 is 0 Å². The molecular weight excluding hydrogens is 352 g/mol. The van der Waals surface area contributed by atoms with E-state index in [2.05, 4.69) is 24.8 Å². The van der Waals surface area contributed by atoms with E-state index in [-0.39, 0.29) is 5.52 Å². The number of piperazine rings is 1. The van der Waals surface area contributed by atoms with Gasteiger partial charge < -0.3 is 14.5 Å². The fraction of sp³-hybridized carbons (Fsp3) is 0.316. The SMILES string of the molecule is CCOc1cccnc1N1CCN(c2ncnc3c(F)c(F)ccc23)CC1. The van der Waals surface area contributed by atoms with Crippen molar-refractivity contribution in [3.8, 4) is 5.75 Å². The van der Waals surface area contributed by atoms with E-state index in [9.17, 15) is 8.78 Å². The van der Waals surface area contributed by atoms with Gasteiger partial charge in [-0.1, -0.05) is 0 Å². The molecule has 0 aliphatic carbocycles. The van der Waals surface area contributed by atoms with Crippen molar-refractivity contribution in [2.75, 3.05) is 42.6 Å². The van der Waals surface area contributed by atoms with Crippen LogP contribution in [0.1, 0.15) is 6.92 Å². The quantitative estimate of drug-likeness (QED) is 0.703. The molecule has 3 heterocycles.